The summed E-state index contributed by atoms with van der Waals surface area (Å²) < 4.78 is 0. The van der Waals surface area contributed by atoms with Gasteiger partial charge in [-0.1, -0.05) is 77.0 Å². The van der Waals surface area contributed by atoms with Crippen LogP contribution >= 0.6 is 11.8 Å². The van der Waals surface area contributed by atoms with Crippen molar-refractivity contribution in [3.8, 4) is 0 Å². The molecule has 0 radical (unpaired) electrons. The van der Waals surface area contributed by atoms with Crippen molar-refractivity contribution in [2.75, 3.05) is 0 Å². The lowest BCUT2D eigenvalue weighted by Crippen LogP contribution is -2.10. The Bertz CT molecular complexity index is 137. The normalized spacial score (nSPS) is 14.8. The Morgan fingerprint density at radius 3 is 1.47 bits per heavy atom. The maximum absolute atomic E-state index is 9.72. The van der Waals surface area contributed by atoms with Crippen LogP contribution in [0.25, 0.3) is 0 Å². The van der Waals surface area contributed by atoms with Crippen molar-refractivity contribution in [2.45, 2.75) is 88.9 Å². The van der Waals surface area contributed by atoms with Crippen LogP contribution in [0.5, 0.6) is 0 Å². The molecule has 0 bridgehead atoms. The molecule has 0 saturated carbocycles. The van der Waals surface area contributed by atoms with Crippen molar-refractivity contribution < 1.29 is 10.2 Å². The Morgan fingerprint density at radius 1 is 0.706 bits per heavy atom. The van der Waals surface area contributed by atoms with Crippen LogP contribution in [-0.4, -0.2) is 21.1 Å². The van der Waals surface area contributed by atoms with Crippen LogP contribution in [-0.2, 0) is 0 Å². The second-order valence-electron chi connectivity index (χ2n) is 4.74. The summed E-state index contributed by atoms with van der Waals surface area (Å²) in [7, 11) is 0. The van der Waals surface area contributed by atoms with Crippen LogP contribution < -0.4 is 0 Å². The number of thioether (sulfide) groups is 1. The first kappa shape index (κ1) is 17.3. The van der Waals surface area contributed by atoms with Crippen molar-refractivity contribution in [1.29, 1.82) is 0 Å². The number of unbranched alkanes of at least 4 members (excludes halogenated alkanes) is 6. The molecule has 0 aromatic heterocycles. The van der Waals surface area contributed by atoms with Gasteiger partial charge in [-0.3, -0.25) is 0 Å². The van der Waals surface area contributed by atoms with Gasteiger partial charge in [0.1, 0.15) is 10.9 Å². The molecule has 3 heteroatoms. The van der Waals surface area contributed by atoms with E-state index in [0.717, 1.165) is 25.7 Å². The Morgan fingerprint density at radius 2 is 1.12 bits per heavy atom. The number of hydrogen-bond acceptors (Lipinski definition) is 3. The zero-order valence-electron chi connectivity index (χ0n) is 11.5. The van der Waals surface area contributed by atoms with Gasteiger partial charge in [0.15, 0.2) is 0 Å². The zero-order chi connectivity index (χ0) is 12.9. The molecule has 0 heterocycles. The fourth-order valence-electron chi connectivity index (χ4n) is 1.81. The zero-order valence-corrected chi connectivity index (χ0v) is 12.3. The summed E-state index contributed by atoms with van der Waals surface area (Å²) in [6.45, 7) is 4.37. The minimum atomic E-state index is -0.381. The molecule has 0 aromatic carbocycles. The molecule has 104 valence electrons. The first-order chi connectivity index (χ1) is 8.20. The number of rotatable bonds is 12. The SMILES string of the molecule is CCCCCCC(O)SC(O)CCCCCC. The van der Waals surface area contributed by atoms with Gasteiger partial charge in [0.2, 0.25) is 0 Å². The molecule has 2 N–H and O–H groups in total. The lowest BCUT2D eigenvalue weighted by atomic mass is 10.2. The smallest absolute Gasteiger partial charge is 0.102 e. The summed E-state index contributed by atoms with van der Waals surface area (Å²) in [5.41, 5.74) is -0.763. The van der Waals surface area contributed by atoms with Gasteiger partial charge in [-0.05, 0) is 12.8 Å². The first-order valence-corrected chi connectivity index (χ1v) is 8.16. The highest BCUT2D eigenvalue weighted by Crippen LogP contribution is 2.23. The average Bonchev–Trinajstić information content (AvgIpc) is 2.30. The second kappa shape index (κ2) is 12.7. The van der Waals surface area contributed by atoms with E-state index < -0.39 is 0 Å². The number of aliphatic hydroxyl groups excluding tert-OH is 2. The van der Waals surface area contributed by atoms with Gasteiger partial charge < -0.3 is 10.2 Å². The highest BCUT2D eigenvalue weighted by Gasteiger charge is 2.11. The van der Waals surface area contributed by atoms with Crippen molar-refractivity contribution in [2.24, 2.45) is 0 Å². The van der Waals surface area contributed by atoms with Gasteiger partial charge >= 0.3 is 0 Å². The second-order valence-corrected chi connectivity index (χ2v) is 6.10. The molecule has 0 aliphatic rings. The van der Waals surface area contributed by atoms with Crippen LogP contribution in [0.15, 0.2) is 0 Å². The molecule has 0 aromatic rings. The van der Waals surface area contributed by atoms with Gasteiger partial charge in [0.05, 0.1) is 0 Å². The van der Waals surface area contributed by atoms with E-state index in [4.69, 9.17) is 0 Å². The van der Waals surface area contributed by atoms with Crippen LogP contribution in [0.1, 0.15) is 78.1 Å². The minimum absolute atomic E-state index is 0.381. The molecule has 0 fully saturated rings. The maximum atomic E-state index is 9.72. The van der Waals surface area contributed by atoms with Gasteiger partial charge in [0.25, 0.3) is 0 Å². The summed E-state index contributed by atoms with van der Waals surface area (Å²) >= 11 is 1.33. The highest BCUT2D eigenvalue weighted by molar-refractivity contribution is 8.00. The molecular formula is C14H30O2S. The minimum Gasteiger partial charge on any atom is -0.382 e. The first-order valence-electron chi connectivity index (χ1n) is 7.22. The third-order valence-electron chi connectivity index (χ3n) is 2.92. The molecule has 0 spiro atoms. The van der Waals surface area contributed by atoms with Gasteiger partial charge in [-0.15, -0.1) is 0 Å². The number of aliphatic hydroxyl groups is 2. The van der Waals surface area contributed by atoms with Crippen molar-refractivity contribution in [3.63, 3.8) is 0 Å². The molecule has 0 aliphatic carbocycles. The Balaban J connectivity index is 3.35. The van der Waals surface area contributed by atoms with E-state index in [0.29, 0.717) is 0 Å². The average molecular weight is 262 g/mol. The third kappa shape index (κ3) is 12.5. The maximum Gasteiger partial charge on any atom is 0.102 e. The molecule has 0 rings (SSSR count). The van der Waals surface area contributed by atoms with E-state index in [1.165, 1.54) is 50.3 Å². The van der Waals surface area contributed by atoms with Gasteiger partial charge in [-0.2, -0.15) is 0 Å². The molecule has 2 atom stereocenters. The van der Waals surface area contributed by atoms with E-state index in [1.807, 2.05) is 0 Å². The molecule has 17 heavy (non-hydrogen) atoms. The van der Waals surface area contributed by atoms with Crippen LogP contribution in [0.4, 0.5) is 0 Å². The predicted octanol–water partition coefficient (Wildman–Crippen LogP) is 4.30. The third-order valence-corrected chi connectivity index (χ3v) is 4.02. The Hall–Kier alpha value is 0.270. The van der Waals surface area contributed by atoms with E-state index in [1.54, 1.807) is 0 Å². The summed E-state index contributed by atoms with van der Waals surface area (Å²) in [6.07, 6.45) is 11.1. The fourth-order valence-corrected chi connectivity index (χ4v) is 2.78. The highest BCUT2D eigenvalue weighted by atomic mass is 32.2. The lowest BCUT2D eigenvalue weighted by molar-refractivity contribution is 0.219. The fraction of sp³-hybridized carbons (Fsp3) is 1.00. The summed E-state index contributed by atoms with van der Waals surface area (Å²) in [4.78, 5) is 0. The van der Waals surface area contributed by atoms with Crippen molar-refractivity contribution >= 4 is 11.8 Å². The largest absolute Gasteiger partial charge is 0.382 e. The molecule has 0 amide bonds. The molecule has 2 nitrogen and oxygen atoms in total. The topological polar surface area (TPSA) is 40.5 Å². The monoisotopic (exact) mass is 262 g/mol. The Labute approximate surface area is 111 Å². The summed E-state index contributed by atoms with van der Waals surface area (Å²) in [5.74, 6) is 0. The Kier molecular flexibility index (Phi) is 12.9. The van der Waals surface area contributed by atoms with Crippen LogP contribution in [0.2, 0.25) is 0 Å². The van der Waals surface area contributed by atoms with E-state index in [2.05, 4.69) is 13.8 Å². The van der Waals surface area contributed by atoms with Gasteiger partial charge in [0, 0.05) is 0 Å². The summed E-state index contributed by atoms with van der Waals surface area (Å²) in [6, 6.07) is 0. The van der Waals surface area contributed by atoms with Crippen molar-refractivity contribution in [1.82, 2.24) is 0 Å². The van der Waals surface area contributed by atoms with Crippen LogP contribution in [0, 0.1) is 0 Å². The number of hydrogen-bond donors (Lipinski definition) is 2. The summed E-state index contributed by atoms with van der Waals surface area (Å²) in [5, 5.41) is 19.4. The van der Waals surface area contributed by atoms with E-state index in [9.17, 15) is 10.2 Å². The molecular weight excluding hydrogens is 232 g/mol. The van der Waals surface area contributed by atoms with Gasteiger partial charge in [-0.25, -0.2) is 0 Å². The van der Waals surface area contributed by atoms with E-state index >= 15 is 0 Å². The lowest BCUT2D eigenvalue weighted by Gasteiger charge is -2.15. The van der Waals surface area contributed by atoms with Crippen LogP contribution in [0.3, 0.4) is 0 Å². The molecule has 0 aliphatic heterocycles. The van der Waals surface area contributed by atoms with Crippen molar-refractivity contribution in [3.05, 3.63) is 0 Å². The predicted molar refractivity (Wildman–Crippen MR) is 77.1 cm³/mol. The van der Waals surface area contributed by atoms with E-state index in [-0.39, 0.29) is 10.9 Å². The standard InChI is InChI=1S/C14H30O2S/c1-3-5-7-9-11-13(15)17-14(16)12-10-8-6-4-2/h13-16H,3-12H2,1-2H3. The molecule has 0 saturated heterocycles. The molecule has 2 unspecified atom stereocenters. The quantitative estimate of drug-likeness (QED) is 0.407.